The molecule has 1 nitrogen and oxygen atoms in total. The van der Waals surface area contributed by atoms with Crippen molar-refractivity contribution in [3.63, 3.8) is 0 Å². The van der Waals surface area contributed by atoms with E-state index in [0.29, 0.717) is 10.5 Å². The van der Waals surface area contributed by atoms with Gasteiger partial charge in [0.1, 0.15) is 6.26 Å². The normalized spacial score (nSPS) is 11.4. The predicted octanol–water partition coefficient (Wildman–Crippen LogP) is -0.563. The smallest absolute Gasteiger partial charge is 0.369 e. The van der Waals surface area contributed by atoms with Crippen LogP contribution in [0.5, 0.6) is 0 Å². The molecule has 0 saturated heterocycles. The molecule has 3 heteroatoms. The number of hydrogen-bond acceptors (Lipinski definition) is 0. The van der Waals surface area contributed by atoms with E-state index in [4.69, 9.17) is 0 Å². The minimum Gasteiger partial charge on any atom is -1.00 e. The zero-order valence-corrected chi connectivity index (χ0v) is 10.8. The van der Waals surface area contributed by atoms with Crippen LogP contribution in [0.1, 0.15) is 6.92 Å². The molecule has 0 aliphatic carbocycles. The van der Waals surface area contributed by atoms with Crippen molar-refractivity contribution in [2.24, 2.45) is 6.26 Å². The zero-order valence-electron chi connectivity index (χ0n) is 7.83. The first-order valence-corrected chi connectivity index (χ1v) is 5.88. The van der Waals surface area contributed by atoms with E-state index < -0.39 is 0 Å². The molecular formula is C10H13INS+. The zero-order chi connectivity index (χ0) is 8.55. The van der Waals surface area contributed by atoms with Crippen molar-refractivity contribution in [2.75, 3.05) is 0 Å². The first-order valence-electron chi connectivity index (χ1n) is 4.18. The van der Waals surface area contributed by atoms with Crippen molar-refractivity contribution in [3.8, 4) is 0 Å². The molecule has 0 bridgehead atoms. The summed E-state index contributed by atoms with van der Waals surface area (Å²) in [5, 5.41) is 0. The Morgan fingerprint density at radius 2 is 2.00 bits per heavy atom. The average Bonchev–Trinajstić information content (AvgIpc) is 2.44. The second-order valence-corrected chi connectivity index (χ2v) is 4.68. The van der Waals surface area contributed by atoms with Crippen LogP contribution in [-0.2, 0) is 12.8 Å². The third kappa shape index (κ3) is 1.86. The highest BCUT2D eigenvalue weighted by molar-refractivity contribution is 7.33. The first-order chi connectivity index (χ1) is 5.83. The minimum atomic E-state index is 0. The van der Waals surface area contributed by atoms with Crippen LogP contribution < -0.4 is 28.5 Å². The van der Waals surface area contributed by atoms with E-state index in [1.165, 1.54) is 10.2 Å². The number of nitrogens with zero attached hydrogens (tertiary/aromatic N) is 1. The summed E-state index contributed by atoms with van der Waals surface area (Å²) in [6.07, 6.45) is 2.27. The van der Waals surface area contributed by atoms with Gasteiger partial charge in [0.05, 0.1) is 10.5 Å². The lowest BCUT2D eigenvalue weighted by Crippen LogP contribution is -3.00. The van der Waals surface area contributed by atoms with Crippen molar-refractivity contribution in [3.05, 3.63) is 29.8 Å². The molecule has 0 N–H and O–H groups in total. The van der Waals surface area contributed by atoms with Crippen molar-refractivity contribution in [2.45, 2.75) is 13.5 Å². The van der Waals surface area contributed by atoms with Gasteiger partial charge in [-0.2, -0.15) is 0 Å². The maximum atomic E-state index is 2.33. The SMILES string of the molecule is CC[n+]1c[s+](C)c2ccccc21.[I-]. The number of hydrogen-bond donors (Lipinski definition) is 0. The molecule has 2 aromatic rings. The van der Waals surface area contributed by atoms with Gasteiger partial charge in [0.15, 0.2) is 6.54 Å². The monoisotopic (exact) mass is 306 g/mol. The number of aryl methyl sites for hydroxylation is 2. The summed E-state index contributed by atoms with van der Waals surface area (Å²) in [4.78, 5) is 0. The number of thiazole rings is 1. The summed E-state index contributed by atoms with van der Waals surface area (Å²) in [6, 6.07) is 8.66. The third-order valence-corrected chi connectivity index (χ3v) is 3.76. The Balaban J connectivity index is 0.000000845. The Labute approximate surface area is 98.4 Å². The molecule has 1 atom stereocenters. The Morgan fingerprint density at radius 1 is 1.31 bits per heavy atom. The molecule has 13 heavy (non-hydrogen) atoms. The lowest BCUT2D eigenvalue weighted by atomic mass is 10.3. The molecule has 70 valence electrons. The molecule has 2 rings (SSSR count). The fourth-order valence-electron chi connectivity index (χ4n) is 1.52. The first kappa shape index (κ1) is 10.9. The standard InChI is InChI=1S/C10H13NS.HI/c1-3-11-8-12(2)10-7-5-4-6-9(10)11;/h4-8H,3H2,1-2H3;1H/q+2;/p-1. The molecule has 1 aromatic heterocycles. The van der Waals surface area contributed by atoms with E-state index in [-0.39, 0.29) is 24.0 Å². The van der Waals surface area contributed by atoms with Crippen molar-refractivity contribution in [1.82, 2.24) is 0 Å². The van der Waals surface area contributed by atoms with Crippen molar-refractivity contribution in [1.29, 1.82) is 0 Å². The third-order valence-electron chi connectivity index (χ3n) is 2.15. The fraction of sp³-hybridized carbons (Fsp3) is 0.300. The highest BCUT2D eigenvalue weighted by atomic mass is 127. The van der Waals surface area contributed by atoms with Gasteiger partial charge in [-0.1, -0.05) is 12.1 Å². The Hall–Kier alpha value is -0.160. The maximum absolute atomic E-state index is 2.33. The summed E-state index contributed by atoms with van der Waals surface area (Å²) in [7, 11) is 0.323. The van der Waals surface area contributed by atoms with E-state index in [1.54, 1.807) is 0 Å². The van der Waals surface area contributed by atoms with E-state index in [2.05, 4.69) is 47.5 Å². The molecule has 0 saturated carbocycles. The molecular weight excluding hydrogens is 293 g/mol. The van der Waals surface area contributed by atoms with Crippen molar-refractivity contribution >= 4 is 20.7 Å². The second-order valence-electron chi connectivity index (χ2n) is 2.92. The number of benzene rings is 1. The molecule has 1 heterocycles. The van der Waals surface area contributed by atoms with Gasteiger partial charge in [0, 0.05) is 12.1 Å². The van der Waals surface area contributed by atoms with Crippen LogP contribution >= 0.6 is 10.5 Å². The van der Waals surface area contributed by atoms with Crippen LogP contribution in [0.2, 0.25) is 0 Å². The largest absolute Gasteiger partial charge is 1.00 e. The Bertz CT molecular complexity index is 408. The maximum Gasteiger partial charge on any atom is 0.369 e. The molecule has 0 aliphatic rings. The Kier molecular flexibility index (Phi) is 3.67. The molecule has 0 aliphatic heterocycles. The van der Waals surface area contributed by atoms with Gasteiger partial charge in [-0.15, -0.1) is 4.57 Å². The molecule has 1 unspecified atom stereocenters. The highest BCUT2D eigenvalue weighted by Crippen LogP contribution is 2.24. The van der Waals surface area contributed by atoms with Gasteiger partial charge >= 0.3 is 5.51 Å². The van der Waals surface area contributed by atoms with Gasteiger partial charge in [0.25, 0.3) is 5.52 Å². The fourth-order valence-corrected chi connectivity index (χ4v) is 3.08. The average molecular weight is 306 g/mol. The summed E-state index contributed by atoms with van der Waals surface area (Å²) in [6.45, 7) is 3.27. The minimum absolute atomic E-state index is 0. The second kappa shape index (κ2) is 4.37. The highest BCUT2D eigenvalue weighted by Gasteiger charge is 2.19. The predicted molar refractivity (Wildman–Crippen MR) is 53.3 cm³/mol. The van der Waals surface area contributed by atoms with Crippen LogP contribution in [0, 0.1) is 0 Å². The number of rotatable bonds is 1. The summed E-state index contributed by atoms with van der Waals surface area (Å²) in [5.74, 6) is 0. The summed E-state index contributed by atoms with van der Waals surface area (Å²) >= 11 is 0. The summed E-state index contributed by atoms with van der Waals surface area (Å²) < 4.78 is 3.82. The molecule has 0 radical (unpaired) electrons. The van der Waals surface area contributed by atoms with E-state index >= 15 is 0 Å². The molecule has 0 fully saturated rings. The van der Waals surface area contributed by atoms with E-state index in [9.17, 15) is 0 Å². The lowest BCUT2D eigenvalue weighted by molar-refractivity contribution is -0.663. The molecule has 0 amide bonds. The van der Waals surface area contributed by atoms with Crippen LogP contribution in [0.15, 0.2) is 29.8 Å². The molecule has 0 spiro atoms. The lowest BCUT2D eigenvalue weighted by Gasteiger charge is -1.81. The van der Waals surface area contributed by atoms with Crippen molar-refractivity contribution < 1.29 is 28.5 Å². The van der Waals surface area contributed by atoms with Gasteiger partial charge in [-0.3, -0.25) is 0 Å². The number of para-hydroxylation sites is 1. The van der Waals surface area contributed by atoms with E-state index in [1.807, 2.05) is 0 Å². The van der Waals surface area contributed by atoms with Crippen LogP contribution in [0.4, 0.5) is 0 Å². The topological polar surface area (TPSA) is 3.88 Å². The number of halogens is 1. The number of fused-ring (bicyclic) bond motifs is 1. The quantitative estimate of drug-likeness (QED) is 0.378. The number of aromatic nitrogens is 1. The van der Waals surface area contributed by atoms with Gasteiger partial charge in [-0.05, 0) is 6.92 Å². The molecule has 1 aromatic carbocycles. The van der Waals surface area contributed by atoms with Crippen LogP contribution in [0.3, 0.4) is 0 Å². The van der Waals surface area contributed by atoms with Gasteiger partial charge < -0.3 is 24.0 Å². The Morgan fingerprint density at radius 3 is 2.69 bits per heavy atom. The van der Waals surface area contributed by atoms with Crippen LogP contribution in [0.25, 0.3) is 10.2 Å². The van der Waals surface area contributed by atoms with Crippen LogP contribution in [-0.4, -0.2) is 0 Å². The van der Waals surface area contributed by atoms with Gasteiger partial charge in [0.2, 0.25) is 4.70 Å². The van der Waals surface area contributed by atoms with E-state index in [0.717, 1.165) is 6.54 Å². The van der Waals surface area contributed by atoms with Gasteiger partial charge in [-0.25, -0.2) is 0 Å². The summed E-state index contributed by atoms with van der Waals surface area (Å²) in [5.41, 5.74) is 3.72.